The van der Waals surface area contributed by atoms with Gasteiger partial charge in [-0.1, -0.05) is 13.8 Å². The summed E-state index contributed by atoms with van der Waals surface area (Å²) in [6.45, 7) is 7.74. The highest BCUT2D eigenvalue weighted by Gasteiger charge is 2.28. The van der Waals surface area contributed by atoms with Gasteiger partial charge in [-0.25, -0.2) is 4.79 Å². The molecular formula is C18H29N5O2. The van der Waals surface area contributed by atoms with Crippen LogP contribution in [0.15, 0.2) is 12.3 Å². The maximum absolute atomic E-state index is 12.5. The molecule has 25 heavy (non-hydrogen) atoms. The van der Waals surface area contributed by atoms with Crippen LogP contribution in [0.25, 0.3) is 0 Å². The molecule has 3 rings (SSSR count). The van der Waals surface area contributed by atoms with E-state index in [1.165, 1.54) is 0 Å². The quantitative estimate of drug-likeness (QED) is 0.886. The molecule has 1 saturated heterocycles. The summed E-state index contributed by atoms with van der Waals surface area (Å²) in [4.78, 5) is 28.4. The van der Waals surface area contributed by atoms with Gasteiger partial charge in [0.15, 0.2) is 0 Å². The van der Waals surface area contributed by atoms with Gasteiger partial charge in [0.2, 0.25) is 5.91 Å². The lowest BCUT2D eigenvalue weighted by molar-refractivity contribution is -0.134. The van der Waals surface area contributed by atoms with Crippen LogP contribution in [-0.2, 0) is 11.3 Å². The second-order valence-electron chi connectivity index (χ2n) is 7.51. The number of amides is 3. The zero-order chi connectivity index (χ0) is 17.8. The maximum Gasteiger partial charge on any atom is 0.317 e. The van der Waals surface area contributed by atoms with E-state index >= 15 is 0 Å². The first-order valence-corrected chi connectivity index (χ1v) is 9.37. The Balaban J connectivity index is 1.56. The number of hydrogen-bond donors (Lipinski definition) is 1. The Morgan fingerprint density at radius 3 is 2.76 bits per heavy atom. The van der Waals surface area contributed by atoms with Crippen LogP contribution in [0.1, 0.15) is 51.3 Å². The molecule has 1 N–H and O–H groups in total. The second-order valence-corrected chi connectivity index (χ2v) is 7.51. The molecule has 1 atom stereocenters. The Labute approximate surface area is 149 Å². The summed E-state index contributed by atoms with van der Waals surface area (Å²) < 4.78 is 2.02. The predicted octanol–water partition coefficient (Wildman–Crippen LogP) is 2.01. The molecule has 0 radical (unpaired) electrons. The fraction of sp³-hybridized carbons (Fsp3) is 0.722. The van der Waals surface area contributed by atoms with E-state index in [1.807, 2.05) is 20.5 Å². The summed E-state index contributed by atoms with van der Waals surface area (Å²) in [6.07, 6.45) is 5.34. The lowest BCUT2D eigenvalue weighted by Gasteiger charge is -2.34. The third-order valence-corrected chi connectivity index (χ3v) is 4.96. The standard InChI is InChI=1S/C18H29N5O2/c1-14(2)11-17(24)22-12-15(23-16(13-22)6-8-20-23)5-7-19-18(25)21-9-3-4-10-21/h6,8,14-15H,3-5,7,9-13H2,1-2H3,(H,19,25)/t15-/m1/s1. The zero-order valence-corrected chi connectivity index (χ0v) is 15.3. The normalized spacial score (nSPS) is 20.0. The average molecular weight is 347 g/mol. The Kier molecular flexibility index (Phi) is 5.60. The van der Waals surface area contributed by atoms with Crippen molar-refractivity contribution in [2.75, 3.05) is 26.2 Å². The van der Waals surface area contributed by atoms with Crippen LogP contribution in [0, 0.1) is 5.92 Å². The van der Waals surface area contributed by atoms with Crippen LogP contribution < -0.4 is 5.32 Å². The van der Waals surface area contributed by atoms with Gasteiger partial charge in [-0.05, 0) is 31.2 Å². The number of hydrogen-bond acceptors (Lipinski definition) is 3. The molecule has 1 aromatic heterocycles. The minimum absolute atomic E-state index is 0.0294. The molecule has 0 unspecified atom stereocenters. The van der Waals surface area contributed by atoms with Gasteiger partial charge in [-0.15, -0.1) is 0 Å². The predicted molar refractivity (Wildman–Crippen MR) is 95.0 cm³/mol. The van der Waals surface area contributed by atoms with E-state index in [1.54, 1.807) is 6.20 Å². The van der Waals surface area contributed by atoms with Crippen molar-refractivity contribution in [1.29, 1.82) is 0 Å². The number of rotatable bonds is 5. The highest BCUT2D eigenvalue weighted by molar-refractivity contribution is 5.76. The van der Waals surface area contributed by atoms with Crippen LogP contribution in [0.4, 0.5) is 4.79 Å². The maximum atomic E-state index is 12.5. The van der Waals surface area contributed by atoms with Crippen LogP contribution >= 0.6 is 0 Å². The van der Waals surface area contributed by atoms with E-state index in [0.717, 1.165) is 38.0 Å². The van der Waals surface area contributed by atoms with Crippen molar-refractivity contribution in [2.24, 2.45) is 5.92 Å². The van der Waals surface area contributed by atoms with E-state index in [9.17, 15) is 9.59 Å². The first-order chi connectivity index (χ1) is 12.0. The fourth-order valence-electron chi connectivity index (χ4n) is 3.65. The van der Waals surface area contributed by atoms with Crippen molar-refractivity contribution in [3.63, 3.8) is 0 Å². The molecule has 7 nitrogen and oxygen atoms in total. The van der Waals surface area contributed by atoms with E-state index in [-0.39, 0.29) is 18.0 Å². The van der Waals surface area contributed by atoms with Crippen LogP contribution in [0.5, 0.6) is 0 Å². The molecular weight excluding hydrogens is 318 g/mol. The molecule has 0 saturated carbocycles. The second kappa shape index (κ2) is 7.89. The summed E-state index contributed by atoms with van der Waals surface area (Å²) in [5.41, 5.74) is 1.07. The summed E-state index contributed by atoms with van der Waals surface area (Å²) in [5.74, 6) is 0.561. The van der Waals surface area contributed by atoms with Crippen molar-refractivity contribution in [3.05, 3.63) is 18.0 Å². The Hall–Kier alpha value is -2.05. The van der Waals surface area contributed by atoms with Crippen molar-refractivity contribution in [1.82, 2.24) is 24.9 Å². The molecule has 138 valence electrons. The monoisotopic (exact) mass is 347 g/mol. The minimum Gasteiger partial charge on any atom is -0.338 e. The Morgan fingerprint density at radius 1 is 1.28 bits per heavy atom. The van der Waals surface area contributed by atoms with Crippen molar-refractivity contribution in [2.45, 2.75) is 52.1 Å². The topological polar surface area (TPSA) is 70.5 Å². The summed E-state index contributed by atoms with van der Waals surface area (Å²) >= 11 is 0. The average Bonchev–Trinajstić information content (AvgIpc) is 3.25. The molecule has 0 aromatic carbocycles. The molecule has 0 aliphatic carbocycles. The van der Waals surface area contributed by atoms with Gasteiger partial charge in [-0.3, -0.25) is 9.48 Å². The van der Waals surface area contributed by atoms with Gasteiger partial charge in [0, 0.05) is 38.8 Å². The van der Waals surface area contributed by atoms with Gasteiger partial charge < -0.3 is 15.1 Å². The van der Waals surface area contributed by atoms with Gasteiger partial charge in [0.05, 0.1) is 18.3 Å². The van der Waals surface area contributed by atoms with Crippen LogP contribution in [-0.4, -0.2) is 57.7 Å². The smallest absolute Gasteiger partial charge is 0.317 e. The van der Waals surface area contributed by atoms with E-state index in [2.05, 4.69) is 24.3 Å². The number of nitrogens with zero attached hydrogens (tertiary/aromatic N) is 4. The van der Waals surface area contributed by atoms with Gasteiger partial charge in [0.1, 0.15) is 0 Å². The Bertz CT molecular complexity index is 606. The third kappa shape index (κ3) is 4.32. The van der Waals surface area contributed by atoms with Crippen molar-refractivity contribution < 1.29 is 9.59 Å². The highest BCUT2D eigenvalue weighted by Crippen LogP contribution is 2.24. The number of nitrogens with one attached hydrogen (secondary N) is 1. The first kappa shape index (κ1) is 17.8. The molecule has 1 aromatic rings. The van der Waals surface area contributed by atoms with Crippen LogP contribution in [0.2, 0.25) is 0 Å². The molecule has 2 aliphatic heterocycles. The summed E-state index contributed by atoms with van der Waals surface area (Å²) in [5, 5.41) is 7.44. The Morgan fingerprint density at radius 2 is 2.04 bits per heavy atom. The number of likely N-dealkylation sites (tertiary alicyclic amines) is 1. The molecule has 3 amide bonds. The van der Waals surface area contributed by atoms with E-state index < -0.39 is 0 Å². The number of fused-ring (bicyclic) bond motifs is 1. The van der Waals surface area contributed by atoms with E-state index in [0.29, 0.717) is 32.0 Å². The number of carbonyl (C=O) groups is 2. The number of aromatic nitrogens is 2. The molecule has 3 heterocycles. The summed E-state index contributed by atoms with van der Waals surface area (Å²) in [7, 11) is 0. The van der Waals surface area contributed by atoms with Crippen LogP contribution in [0.3, 0.4) is 0 Å². The van der Waals surface area contributed by atoms with Crippen molar-refractivity contribution >= 4 is 11.9 Å². The minimum atomic E-state index is 0.0294. The molecule has 7 heteroatoms. The molecule has 1 fully saturated rings. The van der Waals surface area contributed by atoms with Crippen molar-refractivity contribution in [3.8, 4) is 0 Å². The third-order valence-electron chi connectivity index (χ3n) is 4.96. The fourth-order valence-corrected chi connectivity index (χ4v) is 3.65. The zero-order valence-electron chi connectivity index (χ0n) is 15.3. The molecule has 2 aliphatic rings. The van der Waals surface area contributed by atoms with Gasteiger partial charge >= 0.3 is 6.03 Å². The summed E-state index contributed by atoms with van der Waals surface area (Å²) in [6, 6.07) is 2.13. The lowest BCUT2D eigenvalue weighted by atomic mass is 10.1. The number of carbonyl (C=O) groups excluding carboxylic acids is 2. The largest absolute Gasteiger partial charge is 0.338 e. The lowest BCUT2D eigenvalue weighted by Crippen LogP contribution is -2.43. The molecule has 0 spiro atoms. The van der Waals surface area contributed by atoms with Gasteiger partial charge in [-0.2, -0.15) is 5.10 Å². The highest BCUT2D eigenvalue weighted by atomic mass is 16.2. The first-order valence-electron chi connectivity index (χ1n) is 9.37. The van der Waals surface area contributed by atoms with E-state index in [4.69, 9.17) is 0 Å². The number of urea groups is 1. The SMILES string of the molecule is CC(C)CC(=O)N1Cc2ccnn2[C@H](CCNC(=O)N2CCCC2)C1. The van der Waals surface area contributed by atoms with Gasteiger partial charge in [0.25, 0.3) is 0 Å². The molecule has 0 bridgehead atoms.